The second kappa shape index (κ2) is 9.94. The molecule has 1 aromatic carbocycles. The fourth-order valence-corrected chi connectivity index (χ4v) is 5.01. The van der Waals surface area contributed by atoms with Crippen molar-refractivity contribution in [2.45, 2.75) is 38.6 Å². The highest BCUT2D eigenvalue weighted by molar-refractivity contribution is 7.85. The van der Waals surface area contributed by atoms with Gasteiger partial charge < -0.3 is 21.1 Å². The van der Waals surface area contributed by atoms with Gasteiger partial charge in [-0.1, -0.05) is 6.07 Å². The molecular weight excluding hydrogens is 466 g/mol. The van der Waals surface area contributed by atoms with Gasteiger partial charge in [0.05, 0.1) is 12.3 Å². The number of nitrogens with zero attached hydrogens (tertiary/aromatic N) is 1. The lowest BCUT2D eigenvalue weighted by molar-refractivity contribution is -0.146. The maximum atomic E-state index is 12.9. The number of carboxylic acid groups (broad SMARTS) is 1. The smallest absolute Gasteiger partial charge is 0.306 e. The summed E-state index contributed by atoms with van der Waals surface area (Å²) in [5.41, 5.74) is 8.66. The van der Waals surface area contributed by atoms with Crippen molar-refractivity contribution < 1.29 is 37.3 Å². The molecule has 1 heterocycles. The molecule has 1 unspecified atom stereocenters. The molecule has 0 radical (unpaired) electrons. The lowest BCUT2D eigenvalue weighted by Crippen LogP contribution is -2.53. The van der Waals surface area contributed by atoms with Crippen LogP contribution in [0.15, 0.2) is 23.8 Å². The molecule has 1 aromatic rings. The first-order chi connectivity index (χ1) is 15.9. The number of benzene rings is 1. The molecule has 0 saturated carbocycles. The van der Waals surface area contributed by atoms with Gasteiger partial charge in [-0.25, -0.2) is 0 Å². The summed E-state index contributed by atoms with van der Waals surface area (Å²) in [4.78, 5) is 50.7. The van der Waals surface area contributed by atoms with Crippen LogP contribution in [0.1, 0.15) is 37.3 Å². The van der Waals surface area contributed by atoms with Crippen LogP contribution in [0, 0.1) is 5.92 Å². The van der Waals surface area contributed by atoms with Gasteiger partial charge in [0.25, 0.3) is 10.1 Å². The van der Waals surface area contributed by atoms with Crippen molar-refractivity contribution in [2.75, 3.05) is 24.6 Å². The number of carbonyl (C=O) groups is 4. The van der Waals surface area contributed by atoms with Gasteiger partial charge in [-0.05, 0) is 48.6 Å². The average Bonchev–Trinajstić information content (AvgIpc) is 2.74. The molecular formula is C22H27N3O8S. The highest BCUT2D eigenvalue weighted by Crippen LogP contribution is 2.32. The van der Waals surface area contributed by atoms with E-state index in [1.807, 2.05) is 0 Å². The molecule has 1 atom stereocenters. The Morgan fingerprint density at radius 1 is 1.24 bits per heavy atom. The molecule has 0 spiro atoms. The van der Waals surface area contributed by atoms with Crippen LogP contribution in [-0.4, -0.2) is 71.4 Å². The van der Waals surface area contributed by atoms with Gasteiger partial charge >= 0.3 is 5.97 Å². The third-order valence-corrected chi connectivity index (χ3v) is 6.93. The van der Waals surface area contributed by atoms with E-state index in [1.165, 1.54) is 4.90 Å². The normalized spacial score (nSPS) is 17.8. The van der Waals surface area contributed by atoms with Gasteiger partial charge in [0, 0.05) is 30.8 Å². The second-order valence-corrected chi connectivity index (χ2v) is 10.1. The molecule has 2 amide bonds. The number of allylic oxidation sites excluding steroid dienone is 1. The van der Waals surface area contributed by atoms with E-state index in [0.29, 0.717) is 11.3 Å². The highest BCUT2D eigenvalue weighted by Gasteiger charge is 2.34. The number of nitrogen functional groups attached to an aromatic ring is 1. The number of carbonyl (C=O) groups excluding carboxylic acids is 3. The van der Waals surface area contributed by atoms with Crippen LogP contribution in [0.2, 0.25) is 0 Å². The minimum absolute atomic E-state index is 0.0617. The lowest BCUT2D eigenvalue weighted by atomic mass is 9.84. The molecule has 11 nitrogen and oxygen atoms in total. The zero-order valence-electron chi connectivity index (χ0n) is 18.6. The van der Waals surface area contributed by atoms with E-state index in [9.17, 15) is 32.1 Å². The number of aliphatic carboxylic acids is 1. The largest absolute Gasteiger partial charge is 0.481 e. The third kappa shape index (κ3) is 6.00. The number of amides is 2. The molecule has 1 saturated heterocycles. The van der Waals surface area contributed by atoms with Gasteiger partial charge in [0.15, 0.2) is 5.78 Å². The lowest BCUT2D eigenvalue weighted by Gasteiger charge is -2.32. The van der Waals surface area contributed by atoms with E-state index in [2.05, 4.69) is 5.32 Å². The molecule has 34 heavy (non-hydrogen) atoms. The molecule has 0 bridgehead atoms. The van der Waals surface area contributed by atoms with E-state index >= 15 is 0 Å². The minimum atomic E-state index is -4.62. The van der Waals surface area contributed by atoms with Crippen molar-refractivity contribution in [1.29, 1.82) is 0 Å². The Labute approximate surface area is 196 Å². The predicted molar refractivity (Wildman–Crippen MR) is 122 cm³/mol. The Hall–Kier alpha value is -3.25. The van der Waals surface area contributed by atoms with Gasteiger partial charge in [0.1, 0.15) is 11.8 Å². The third-order valence-electron chi connectivity index (χ3n) is 6.18. The Bertz CT molecular complexity index is 1170. The van der Waals surface area contributed by atoms with Crippen molar-refractivity contribution in [3.8, 4) is 0 Å². The van der Waals surface area contributed by atoms with Crippen molar-refractivity contribution >= 4 is 44.9 Å². The number of Topliss-reactive ketones (excluding diaryl/α,β-unsaturated/α-hetero) is 1. The first kappa shape index (κ1) is 25.4. The predicted octanol–water partition coefficient (Wildman–Crippen LogP) is 0.253. The van der Waals surface area contributed by atoms with Crippen molar-refractivity contribution in [2.24, 2.45) is 5.92 Å². The number of fused-ring (bicyclic) bond motifs is 1. The first-order valence-corrected chi connectivity index (χ1v) is 12.3. The van der Waals surface area contributed by atoms with Crippen LogP contribution in [-0.2, 0) is 35.7 Å². The SMILES string of the molecule is CC1=C(CC(=O)NC(CS(=O)(=O)O)C(=O)N2CCC(C(=O)O)CC2)C(=O)Cc2cc(N)ccc21. The molecule has 184 valence electrons. The number of anilines is 1. The average molecular weight is 494 g/mol. The molecule has 5 N–H and O–H groups in total. The number of nitrogens with one attached hydrogen (secondary N) is 1. The van der Waals surface area contributed by atoms with Crippen molar-refractivity contribution in [3.05, 3.63) is 34.9 Å². The molecule has 12 heteroatoms. The number of hydrogen-bond donors (Lipinski definition) is 4. The monoisotopic (exact) mass is 493 g/mol. The fourth-order valence-electron chi connectivity index (χ4n) is 4.37. The van der Waals surface area contributed by atoms with Crippen LogP contribution >= 0.6 is 0 Å². The van der Waals surface area contributed by atoms with Gasteiger partial charge in [0.2, 0.25) is 11.8 Å². The number of likely N-dealkylation sites (tertiary alicyclic amines) is 1. The number of hydrogen-bond acceptors (Lipinski definition) is 7. The van der Waals surface area contributed by atoms with E-state index in [1.54, 1.807) is 25.1 Å². The topological polar surface area (TPSA) is 184 Å². The van der Waals surface area contributed by atoms with E-state index in [4.69, 9.17) is 10.8 Å². The molecule has 3 rings (SSSR count). The first-order valence-electron chi connectivity index (χ1n) is 10.7. The summed E-state index contributed by atoms with van der Waals surface area (Å²) < 4.78 is 32.3. The van der Waals surface area contributed by atoms with E-state index in [-0.39, 0.29) is 50.1 Å². The minimum Gasteiger partial charge on any atom is -0.481 e. The number of piperidine rings is 1. The maximum Gasteiger partial charge on any atom is 0.306 e. The quantitative estimate of drug-likeness (QED) is 0.305. The standard InChI is InChI=1S/C22H27N3O8S/c1-12-16-3-2-15(23)8-14(16)9-19(26)17(12)10-20(27)24-18(11-34(31,32)33)21(28)25-6-4-13(5-7-25)22(29)30/h2-3,8,13,18H,4-7,9-11,23H2,1H3,(H,24,27)(H,29,30)(H,31,32,33). The number of ketones is 1. The van der Waals surface area contributed by atoms with Gasteiger partial charge in [-0.15, -0.1) is 0 Å². The van der Waals surface area contributed by atoms with E-state index in [0.717, 1.165) is 11.1 Å². The summed E-state index contributed by atoms with van der Waals surface area (Å²) in [7, 11) is -4.62. The summed E-state index contributed by atoms with van der Waals surface area (Å²) in [5, 5.41) is 11.4. The molecule has 2 aliphatic rings. The Morgan fingerprint density at radius 3 is 2.47 bits per heavy atom. The summed E-state index contributed by atoms with van der Waals surface area (Å²) in [5.74, 6) is -4.38. The summed E-state index contributed by atoms with van der Waals surface area (Å²) in [6, 6.07) is 3.57. The molecule has 1 aliphatic carbocycles. The van der Waals surface area contributed by atoms with Crippen LogP contribution in [0.25, 0.3) is 5.57 Å². The maximum absolute atomic E-state index is 12.9. The number of carboxylic acids is 1. The molecule has 0 aromatic heterocycles. The van der Waals surface area contributed by atoms with Crippen molar-refractivity contribution in [1.82, 2.24) is 10.2 Å². The Balaban J connectivity index is 1.75. The molecule has 1 fully saturated rings. The molecule has 1 aliphatic heterocycles. The Morgan fingerprint density at radius 2 is 1.88 bits per heavy atom. The van der Waals surface area contributed by atoms with Crippen LogP contribution < -0.4 is 11.1 Å². The summed E-state index contributed by atoms with van der Waals surface area (Å²) >= 11 is 0. The van der Waals surface area contributed by atoms with E-state index < -0.39 is 45.6 Å². The number of rotatable bonds is 7. The summed E-state index contributed by atoms with van der Waals surface area (Å²) in [6.45, 7) is 1.86. The zero-order chi connectivity index (χ0) is 25.2. The highest BCUT2D eigenvalue weighted by atomic mass is 32.2. The van der Waals surface area contributed by atoms with Crippen LogP contribution in [0.4, 0.5) is 5.69 Å². The summed E-state index contributed by atoms with van der Waals surface area (Å²) in [6.07, 6.45) is 0.0767. The fraction of sp³-hybridized carbons (Fsp3) is 0.455. The van der Waals surface area contributed by atoms with Gasteiger partial charge in [-0.3, -0.25) is 23.7 Å². The second-order valence-electron chi connectivity index (χ2n) is 8.60. The van der Waals surface area contributed by atoms with Crippen molar-refractivity contribution in [3.63, 3.8) is 0 Å². The number of nitrogens with two attached hydrogens (primary N) is 1. The van der Waals surface area contributed by atoms with Gasteiger partial charge in [-0.2, -0.15) is 8.42 Å². The Kier molecular flexibility index (Phi) is 7.41. The van der Waals surface area contributed by atoms with Crippen LogP contribution in [0.3, 0.4) is 0 Å². The van der Waals surface area contributed by atoms with Crippen LogP contribution in [0.5, 0.6) is 0 Å². The zero-order valence-corrected chi connectivity index (χ0v) is 19.4.